The lowest BCUT2D eigenvalue weighted by Crippen LogP contribution is -2.50. The first-order valence-corrected chi connectivity index (χ1v) is 5.97. The summed E-state index contributed by atoms with van der Waals surface area (Å²) in [7, 11) is 0. The Morgan fingerprint density at radius 3 is 1.17 bits per heavy atom. The molecule has 0 spiro atoms. The van der Waals surface area contributed by atoms with E-state index in [2.05, 4.69) is 10.6 Å². The molecule has 18 heavy (non-hydrogen) atoms. The van der Waals surface area contributed by atoms with Crippen LogP contribution in [0.1, 0.15) is 0 Å². The van der Waals surface area contributed by atoms with Crippen LogP contribution in [0.4, 0.5) is 0 Å². The molecule has 5 rings (SSSR count). The Labute approximate surface area is 102 Å². The van der Waals surface area contributed by atoms with Crippen molar-refractivity contribution in [1.82, 2.24) is 10.6 Å². The standard InChI is InChI=1S/C12H10N2O4/c15-9-5-3-1-2-4(7(5)11(17)13-9)8-6(3)10(16)14-12(8)18/h1-8H,(H,13,15,17)(H,14,16,18)/t3?,4?,5-,6-,7-,8-/m1/s1. The van der Waals surface area contributed by atoms with Gasteiger partial charge in [-0.25, -0.2) is 0 Å². The predicted molar refractivity (Wildman–Crippen MR) is 56.4 cm³/mol. The van der Waals surface area contributed by atoms with Gasteiger partial charge in [-0.1, -0.05) is 12.2 Å². The molecule has 3 fully saturated rings. The molecular weight excluding hydrogens is 236 g/mol. The van der Waals surface area contributed by atoms with Crippen LogP contribution in [0.2, 0.25) is 0 Å². The van der Waals surface area contributed by atoms with Gasteiger partial charge < -0.3 is 0 Å². The van der Waals surface area contributed by atoms with Gasteiger partial charge in [-0.15, -0.1) is 0 Å². The van der Waals surface area contributed by atoms with Crippen LogP contribution in [0.15, 0.2) is 12.2 Å². The van der Waals surface area contributed by atoms with Crippen molar-refractivity contribution in [1.29, 1.82) is 0 Å². The van der Waals surface area contributed by atoms with E-state index in [1.165, 1.54) is 0 Å². The number of carbonyl (C=O) groups excluding carboxylic acids is 4. The second-order valence-electron chi connectivity index (χ2n) is 5.35. The van der Waals surface area contributed by atoms with E-state index in [1.54, 1.807) is 0 Å². The van der Waals surface area contributed by atoms with Crippen LogP contribution in [0, 0.1) is 35.5 Å². The fourth-order valence-electron chi connectivity index (χ4n) is 4.07. The molecular formula is C12H10N2O4. The number of rotatable bonds is 0. The first kappa shape index (κ1) is 9.99. The molecule has 6 nitrogen and oxygen atoms in total. The van der Waals surface area contributed by atoms with E-state index in [0.29, 0.717) is 0 Å². The van der Waals surface area contributed by atoms with Crippen molar-refractivity contribution in [2.24, 2.45) is 35.5 Å². The van der Waals surface area contributed by atoms with E-state index < -0.39 is 23.7 Å². The van der Waals surface area contributed by atoms with Crippen molar-refractivity contribution in [3.63, 3.8) is 0 Å². The van der Waals surface area contributed by atoms with E-state index in [9.17, 15) is 19.2 Å². The summed E-state index contributed by atoms with van der Waals surface area (Å²) in [4.78, 5) is 47.2. The maximum atomic E-state index is 11.8. The van der Waals surface area contributed by atoms with Crippen LogP contribution in [0.25, 0.3) is 0 Å². The highest BCUT2D eigenvalue weighted by atomic mass is 16.2. The topological polar surface area (TPSA) is 92.3 Å². The lowest BCUT2D eigenvalue weighted by atomic mass is 9.54. The molecule has 6 heteroatoms. The van der Waals surface area contributed by atoms with Crippen LogP contribution in [-0.2, 0) is 19.2 Å². The summed E-state index contributed by atoms with van der Waals surface area (Å²) in [6.07, 6.45) is 3.65. The van der Waals surface area contributed by atoms with Gasteiger partial charge in [0.1, 0.15) is 0 Å². The SMILES string of the molecule is O=C1NC(=O)[C@@H]2C3C=CC([C@@H]12)[C@H]1C(=O)NC(=O)[C@H]31. The van der Waals surface area contributed by atoms with Gasteiger partial charge in [0.2, 0.25) is 23.6 Å². The monoisotopic (exact) mass is 246 g/mol. The van der Waals surface area contributed by atoms with Crippen molar-refractivity contribution in [2.75, 3.05) is 0 Å². The van der Waals surface area contributed by atoms with Crippen LogP contribution in [0.3, 0.4) is 0 Å². The Hall–Kier alpha value is -1.98. The van der Waals surface area contributed by atoms with Gasteiger partial charge in [-0.2, -0.15) is 0 Å². The number of amides is 4. The van der Waals surface area contributed by atoms with Crippen molar-refractivity contribution in [3.05, 3.63) is 12.2 Å². The molecule has 0 aromatic carbocycles. The molecule has 5 aliphatic rings. The second kappa shape index (κ2) is 2.88. The highest BCUT2D eigenvalue weighted by Gasteiger charge is 2.65. The molecule has 4 amide bonds. The number of nitrogens with one attached hydrogen (secondary N) is 2. The first-order valence-electron chi connectivity index (χ1n) is 5.97. The molecule has 0 aromatic heterocycles. The summed E-state index contributed by atoms with van der Waals surface area (Å²) in [5.41, 5.74) is 0. The quantitative estimate of drug-likeness (QED) is 0.405. The molecule has 2 heterocycles. The summed E-state index contributed by atoms with van der Waals surface area (Å²) < 4.78 is 0. The van der Waals surface area contributed by atoms with Gasteiger partial charge >= 0.3 is 0 Å². The van der Waals surface area contributed by atoms with Gasteiger partial charge in [-0.3, -0.25) is 29.8 Å². The minimum atomic E-state index is -0.481. The van der Waals surface area contributed by atoms with E-state index in [1.807, 2.05) is 12.2 Å². The summed E-state index contributed by atoms with van der Waals surface area (Å²) in [5, 5.41) is 4.64. The maximum absolute atomic E-state index is 11.8. The second-order valence-corrected chi connectivity index (χ2v) is 5.35. The molecule has 0 unspecified atom stereocenters. The fraction of sp³-hybridized carbons (Fsp3) is 0.500. The zero-order valence-electron chi connectivity index (χ0n) is 9.25. The van der Waals surface area contributed by atoms with Crippen LogP contribution in [-0.4, -0.2) is 23.6 Å². The largest absolute Gasteiger partial charge is 0.296 e. The lowest BCUT2D eigenvalue weighted by Gasteiger charge is -2.44. The highest BCUT2D eigenvalue weighted by molar-refractivity contribution is 6.10. The highest BCUT2D eigenvalue weighted by Crippen LogP contribution is 2.54. The summed E-state index contributed by atoms with van der Waals surface area (Å²) in [6, 6.07) is 0. The van der Waals surface area contributed by atoms with E-state index >= 15 is 0 Å². The zero-order chi connectivity index (χ0) is 12.6. The van der Waals surface area contributed by atoms with Crippen molar-refractivity contribution in [3.8, 4) is 0 Å². The summed E-state index contributed by atoms with van der Waals surface area (Å²) >= 11 is 0. The molecule has 2 N–H and O–H groups in total. The maximum Gasteiger partial charge on any atom is 0.231 e. The Kier molecular flexibility index (Phi) is 1.60. The van der Waals surface area contributed by atoms with Crippen LogP contribution < -0.4 is 10.6 Å². The molecule has 3 aliphatic carbocycles. The molecule has 2 aliphatic heterocycles. The van der Waals surface area contributed by atoms with Gasteiger partial charge in [0.15, 0.2) is 0 Å². The first-order chi connectivity index (χ1) is 8.59. The minimum Gasteiger partial charge on any atom is -0.296 e. The Bertz CT molecular complexity index is 464. The number of hydrogen-bond donors (Lipinski definition) is 2. The molecule has 92 valence electrons. The molecule has 0 aromatic rings. The Morgan fingerprint density at radius 1 is 0.611 bits per heavy atom. The van der Waals surface area contributed by atoms with E-state index in [0.717, 1.165) is 0 Å². The van der Waals surface area contributed by atoms with Crippen molar-refractivity contribution in [2.45, 2.75) is 0 Å². The van der Waals surface area contributed by atoms with E-state index in [4.69, 9.17) is 0 Å². The average molecular weight is 246 g/mol. The van der Waals surface area contributed by atoms with Crippen LogP contribution >= 0.6 is 0 Å². The fourth-order valence-corrected chi connectivity index (χ4v) is 4.07. The minimum absolute atomic E-state index is 0.310. The van der Waals surface area contributed by atoms with Crippen LogP contribution in [0.5, 0.6) is 0 Å². The molecule has 1 saturated carbocycles. The third kappa shape index (κ3) is 0.913. The normalized spacial score (nSPS) is 48.0. The van der Waals surface area contributed by atoms with E-state index in [-0.39, 0.29) is 35.5 Å². The third-order valence-electron chi connectivity index (χ3n) is 4.69. The van der Waals surface area contributed by atoms with Crippen molar-refractivity contribution >= 4 is 23.6 Å². The lowest BCUT2D eigenvalue weighted by molar-refractivity contribution is -0.137. The molecule has 2 bridgehead atoms. The zero-order valence-corrected chi connectivity index (χ0v) is 9.25. The van der Waals surface area contributed by atoms with Gasteiger partial charge in [0, 0.05) is 11.8 Å². The van der Waals surface area contributed by atoms with Gasteiger partial charge in [-0.05, 0) is 0 Å². The molecule has 2 saturated heterocycles. The summed E-state index contributed by atoms with van der Waals surface area (Å²) in [5.74, 6) is -3.83. The predicted octanol–water partition coefficient (Wildman–Crippen LogP) is -1.42. The Morgan fingerprint density at radius 2 is 0.889 bits per heavy atom. The number of carbonyl (C=O) groups is 4. The third-order valence-corrected chi connectivity index (χ3v) is 4.69. The molecule has 4 atom stereocenters. The summed E-state index contributed by atoms with van der Waals surface area (Å²) in [6.45, 7) is 0. The van der Waals surface area contributed by atoms with Gasteiger partial charge in [0.05, 0.1) is 23.7 Å². The Balaban J connectivity index is 1.88. The van der Waals surface area contributed by atoms with Crippen molar-refractivity contribution < 1.29 is 19.2 Å². The smallest absolute Gasteiger partial charge is 0.231 e. The molecule has 0 radical (unpaired) electrons. The number of imide groups is 2. The number of allylic oxidation sites excluding steroid dienone is 2. The average Bonchev–Trinajstić information content (AvgIpc) is 2.81. The van der Waals surface area contributed by atoms with Gasteiger partial charge in [0.25, 0.3) is 0 Å². The number of hydrogen-bond acceptors (Lipinski definition) is 4.